The van der Waals surface area contributed by atoms with Gasteiger partial charge in [-0.2, -0.15) is 5.10 Å². The second-order valence-electron chi connectivity index (χ2n) is 7.23. The summed E-state index contributed by atoms with van der Waals surface area (Å²) in [5.74, 6) is 0.736. The van der Waals surface area contributed by atoms with Crippen molar-refractivity contribution in [2.75, 3.05) is 11.9 Å². The third kappa shape index (κ3) is 3.50. The average molecular weight is 375 g/mol. The van der Waals surface area contributed by atoms with Crippen LogP contribution in [0.4, 0.5) is 10.6 Å². The fourth-order valence-electron chi connectivity index (χ4n) is 3.94. The van der Waals surface area contributed by atoms with E-state index in [1.54, 1.807) is 10.9 Å². The van der Waals surface area contributed by atoms with Gasteiger partial charge in [0.1, 0.15) is 5.82 Å². The lowest BCUT2D eigenvalue weighted by molar-refractivity contribution is 0.163. The smallest absolute Gasteiger partial charge is 0.317 e. The van der Waals surface area contributed by atoms with E-state index >= 15 is 0 Å². The van der Waals surface area contributed by atoms with E-state index in [0.29, 0.717) is 0 Å². The number of hydrogen-bond acceptors (Lipinski definition) is 3. The number of nitrogens with zero attached hydrogens (tertiary/aromatic N) is 4. The molecule has 144 valence electrons. The monoisotopic (exact) mass is 375 g/mol. The molecule has 1 saturated heterocycles. The van der Waals surface area contributed by atoms with Crippen molar-refractivity contribution in [3.8, 4) is 11.3 Å². The predicted molar refractivity (Wildman–Crippen MR) is 110 cm³/mol. The van der Waals surface area contributed by atoms with Crippen molar-refractivity contribution < 1.29 is 4.79 Å². The summed E-state index contributed by atoms with van der Waals surface area (Å²) in [5, 5.41) is 7.73. The van der Waals surface area contributed by atoms with Gasteiger partial charge in [0, 0.05) is 37.1 Å². The van der Waals surface area contributed by atoms with Gasteiger partial charge in [-0.25, -0.2) is 4.79 Å². The Morgan fingerprint density at radius 1 is 1.14 bits per heavy atom. The van der Waals surface area contributed by atoms with Crippen molar-refractivity contribution >= 4 is 11.8 Å². The molecule has 1 aliphatic rings. The van der Waals surface area contributed by atoms with Gasteiger partial charge < -0.3 is 4.90 Å². The van der Waals surface area contributed by atoms with E-state index in [-0.39, 0.29) is 12.1 Å². The predicted octanol–water partition coefficient (Wildman–Crippen LogP) is 4.55. The minimum atomic E-state index is -0.0840. The minimum Gasteiger partial charge on any atom is -0.317 e. The largest absolute Gasteiger partial charge is 0.323 e. The highest BCUT2D eigenvalue weighted by atomic mass is 16.2. The highest BCUT2D eigenvalue weighted by Crippen LogP contribution is 2.32. The maximum atomic E-state index is 13.2. The summed E-state index contributed by atoms with van der Waals surface area (Å²) in [5.41, 5.74) is 3.99. The Morgan fingerprint density at radius 2 is 1.96 bits per heavy atom. The minimum absolute atomic E-state index is 0.0598. The average Bonchev–Trinajstić information content (AvgIpc) is 3.03. The van der Waals surface area contributed by atoms with Crippen molar-refractivity contribution in [2.24, 2.45) is 7.05 Å². The molecule has 1 fully saturated rings. The number of pyridine rings is 1. The van der Waals surface area contributed by atoms with Crippen LogP contribution in [0.25, 0.3) is 11.3 Å². The van der Waals surface area contributed by atoms with Gasteiger partial charge in [-0.3, -0.25) is 15.0 Å². The second kappa shape index (κ2) is 7.84. The number of carbonyl (C=O) groups excluding carboxylic acids is 1. The van der Waals surface area contributed by atoms with Gasteiger partial charge in [0.2, 0.25) is 0 Å². The number of hydrogen-bond donors (Lipinski definition) is 1. The Balaban J connectivity index is 1.59. The molecule has 3 heterocycles. The van der Waals surface area contributed by atoms with E-state index in [2.05, 4.69) is 15.4 Å². The van der Waals surface area contributed by atoms with Crippen LogP contribution in [0.1, 0.15) is 36.4 Å². The number of rotatable bonds is 3. The Bertz CT molecular complexity index is 952. The topological polar surface area (TPSA) is 63.1 Å². The molecule has 0 saturated carbocycles. The van der Waals surface area contributed by atoms with Crippen molar-refractivity contribution in [3.63, 3.8) is 0 Å². The van der Waals surface area contributed by atoms with Gasteiger partial charge in [-0.05, 0) is 37.8 Å². The number of carbonyl (C=O) groups is 1. The van der Waals surface area contributed by atoms with Crippen LogP contribution in [-0.2, 0) is 7.05 Å². The molecule has 28 heavy (non-hydrogen) atoms. The summed E-state index contributed by atoms with van der Waals surface area (Å²) in [7, 11) is 1.86. The number of amides is 2. The normalized spacial score (nSPS) is 16.8. The molecule has 6 nitrogen and oxygen atoms in total. The van der Waals surface area contributed by atoms with Crippen LogP contribution in [0, 0.1) is 6.92 Å². The number of urea groups is 1. The zero-order valence-corrected chi connectivity index (χ0v) is 16.3. The molecule has 1 atom stereocenters. The van der Waals surface area contributed by atoms with E-state index in [0.717, 1.165) is 54.0 Å². The number of nitrogens with one attached hydrogen (secondary N) is 1. The first-order valence-electron chi connectivity index (χ1n) is 9.71. The highest BCUT2D eigenvalue weighted by molar-refractivity contribution is 5.90. The molecule has 0 spiro atoms. The molecule has 6 heteroatoms. The number of aryl methyl sites for hydroxylation is 1. The molecule has 2 amide bonds. The van der Waals surface area contributed by atoms with E-state index in [9.17, 15) is 4.79 Å². The molecular formula is C22H25N5O. The molecule has 2 aromatic heterocycles. The van der Waals surface area contributed by atoms with Gasteiger partial charge in [-0.1, -0.05) is 36.4 Å². The molecule has 4 rings (SSSR count). The summed E-state index contributed by atoms with van der Waals surface area (Å²) in [6.45, 7) is 2.74. The Hall–Kier alpha value is -3.15. The van der Waals surface area contributed by atoms with Crippen molar-refractivity contribution in [2.45, 2.75) is 32.2 Å². The van der Waals surface area contributed by atoms with E-state index in [1.807, 2.05) is 67.5 Å². The lowest BCUT2D eigenvalue weighted by Gasteiger charge is -2.35. The number of piperidine rings is 1. The summed E-state index contributed by atoms with van der Waals surface area (Å²) in [6.07, 6.45) is 6.72. The van der Waals surface area contributed by atoms with Gasteiger partial charge >= 0.3 is 6.03 Å². The van der Waals surface area contributed by atoms with E-state index in [1.165, 1.54) is 0 Å². The molecule has 1 N–H and O–H groups in total. The third-order valence-electron chi connectivity index (χ3n) is 5.39. The van der Waals surface area contributed by atoms with Crippen LogP contribution >= 0.6 is 0 Å². The van der Waals surface area contributed by atoms with Gasteiger partial charge in [0.25, 0.3) is 0 Å². The number of likely N-dealkylation sites (tertiary alicyclic amines) is 1. The third-order valence-corrected chi connectivity index (χ3v) is 5.39. The van der Waals surface area contributed by atoms with Crippen LogP contribution < -0.4 is 5.32 Å². The fourth-order valence-corrected chi connectivity index (χ4v) is 3.94. The first kappa shape index (κ1) is 18.2. The summed E-state index contributed by atoms with van der Waals surface area (Å²) in [4.78, 5) is 19.3. The van der Waals surface area contributed by atoms with Crippen molar-refractivity contribution in [3.05, 3.63) is 66.0 Å². The van der Waals surface area contributed by atoms with Crippen molar-refractivity contribution in [1.29, 1.82) is 0 Å². The molecule has 1 aliphatic heterocycles. The first-order valence-corrected chi connectivity index (χ1v) is 9.71. The van der Waals surface area contributed by atoms with Crippen LogP contribution in [0.2, 0.25) is 0 Å². The Labute approximate surface area is 165 Å². The zero-order valence-electron chi connectivity index (χ0n) is 16.3. The standard InChI is InChI=1S/C22H25N5O/c1-16-20(17-9-4-3-5-10-17)25-26(2)21(16)24-22(28)27-14-7-6-12-19(27)18-11-8-13-23-15-18/h3-5,8-11,13,15,19H,6-7,12,14H2,1-2H3,(H,24,28)/t19-/m1/s1. The Morgan fingerprint density at radius 3 is 2.71 bits per heavy atom. The molecule has 3 aromatic rings. The van der Waals surface area contributed by atoms with Crippen LogP contribution in [0.5, 0.6) is 0 Å². The maximum absolute atomic E-state index is 13.2. The number of anilines is 1. The lowest BCUT2D eigenvalue weighted by Crippen LogP contribution is -2.41. The van der Waals surface area contributed by atoms with Gasteiger partial charge in [0.15, 0.2) is 0 Å². The molecule has 0 unspecified atom stereocenters. The van der Waals surface area contributed by atoms with Crippen LogP contribution in [0.3, 0.4) is 0 Å². The lowest BCUT2D eigenvalue weighted by atomic mass is 9.97. The molecule has 0 bridgehead atoms. The van der Waals surface area contributed by atoms with Crippen molar-refractivity contribution in [1.82, 2.24) is 19.7 Å². The first-order chi connectivity index (χ1) is 13.6. The van der Waals surface area contributed by atoms with Gasteiger partial charge in [0.05, 0.1) is 11.7 Å². The molecular weight excluding hydrogens is 350 g/mol. The summed E-state index contributed by atoms with van der Waals surface area (Å²) < 4.78 is 1.75. The quantitative estimate of drug-likeness (QED) is 0.730. The molecule has 0 radical (unpaired) electrons. The fraction of sp³-hybridized carbons (Fsp3) is 0.318. The number of benzene rings is 1. The second-order valence-corrected chi connectivity index (χ2v) is 7.23. The van der Waals surface area contributed by atoms with Crippen LogP contribution in [0.15, 0.2) is 54.9 Å². The van der Waals surface area contributed by atoms with E-state index < -0.39 is 0 Å². The Kier molecular flexibility index (Phi) is 5.10. The molecule has 0 aliphatic carbocycles. The van der Waals surface area contributed by atoms with E-state index in [4.69, 9.17) is 0 Å². The summed E-state index contributed by atoms with van der Waals surface area (Å²) >= 11 is 0. The molecule has 1 aromatic carbocycles. The van der Waals surface area contributed by atoms with Crippen LogP contribution in [-0.4, -0.2) is 32.2 Å². The zero-order chi connectivity index (χ0) is 19.5. The SMILES string of the molecule is Cc1c(-c2ccccc2)nn(C)c1NC(=O)N1CCCC[C@@H]1c1cccnc1. The van der Waals surface area contributed by atoms with Gasteiger partial charge in [-0.15, -0.1) is 0 Å². The highest BCUT2D eigenvalue weighted by Gasteiger charge is 2.29. The maximum Gasteiger partial charge on any atom is 0.323 e. The number of aromatic nitrogens is 3. The summed E-state index contributed by atoms with van der Waals surface area (Å²) in [6, 6.07) is 14.0.